The van der Waals surface area contributed by atoms with Gasteiger partial charge in [-0.05, 0) is 18.2 Å². The monoisotopic (exact) mass is 346 g/mol. The summed E-state index contributed by atoms with van der Waals surface area (Å²) in [5, 5.41) is 0. The molecular formula is C18H18O7. The van der Waals surface area contributed by atoms with Crippen LogP contribution in [0.4, 0.5) is 0 Å². The van der Waals surface area contributed by atoms with Gasteiger partial charge in [0.1, 0.15) is 18.1 Å². The van der Waals surface area contributed by atoms with E-state index in [4.69, 9.17) is 18.6 Å². The molecule has 0 amide bonds. The lowest BCUT2D eigenvalue weighted by atomic mass is 10.1. The van der Waals surface area contributed by atoms with Gasteiger partial charge in [-0.2, -0.15) is 0 Å². The van der Waals surface area contributed by atoms with Crippen LogP contribution in [0.25, 0.3) is 6.08 Å². The van der Waals surface area contributed by atoms with Crippen molar-refractivity contribution in [2.24, 2.45) is 0 Å². The van der Waals surface area contributed by atoms with Gasteiger partial charge >= 0.3 is 11.9 Å². The van der Waals surface area contributed by atoms with Crippen LogP contribution in [-0.4, -0.2) is 33.3 Å². The van der Waals surface area contributed by atoms with E-state index in [-0.39, 0.29) is 23.9 Å². The van der Waals surface area contributed by atoms with Gasteiger partial charge in [0.25, 0.3) is 5.95 Å². The quantitative estimate of drug-likeness (QED) is 0.563. The fraction of sp³-hybridized carbons (Fsp3) is 0.222. The molecule has 0 aliphatic carbocycles. The minimum Gasteiger partial charge on any atom is -0.489 e. The molecule has 0 aliphatic heterocycles. The summed E-state index contributed by atoms with van der Waals surface area (Å²) < 4.78 is 25.6. The van der Waals surface area contributed by atoms with Crippen molar-refractivity contribution in [3.05, 3.63) is 53.3 Å². The summed E-state index contributed by atoms with van der Waals surface area (Å²) in [7, 11) is 3.87. The number of para-hydroxylation sites is 1. The lowest BCUT2D eigenvalue weighted by molar-refractivity contribution is -0.134. The molecule has 0 saturated heterocycles. The molecule has 0 saturated carbocycles. The average molecular weight is 346 g/mol. The zero-order chi connectivity index (χ0) is 18.2. The molecule has 0 radical (unpaired) electrons. The zero-order valence-corrected chi connectivity index (χ0v) is 14.1. The number of hydrogen-bond acceptors (Lipinski definition) is 7. The molecule has 7 nitrogen and oxygen atoms in total. The first kappa shape index (κ1) is 18.1. The number of ether oxygens (including phenoxy) is 4. The second-order valence-corrected chi connectivity index (χ2v) is 4.76. The Balaban J connectivity index is 2.40. The molecular weight excluding hydrogens is 328 g/mol. The van der Waals surface area contributed by atoms with Gasteiger partial charge in [0.2, 0.25) is 0 Å². The van der Waals surface area contributed by atoms with Gasteiger partial charge < -0.3 is 23.4 Å². The first-order chi connectivity index (χ1) is 12.1. The summed E-state index contributed by atoms with van der Waals surface area (Å²) in [6.07, 6.45) is 2.55. The molecule has 0 N–H and O–H groups in total. The number of carbonyl (C=O) groups excluding carboxylic acids is 2. The molecule has 1 heterocycles. The van der Waals surface area contributed by atoms with Crippen molar-refractivity contribution in [2.45, 2.75) is 6.61 Å². The predicted molar refractivity (Wildman–Crippen MR) is 88.4 cm³/mol. The highest BCUT2D eigenvalue weighted by Crippen LogP contribution is 2.32. The molecule has 25 heavy (non-hydrogen) atoms. The molecule has 0 fully saturated rings. The Morgan fingerprint density at radius 2 is 1.80 bits per heavy atom. The standard InChI is InChI=1S/C18H18O7/c1-21-15(19)10-9-14-13(11-24-12-7-5-4-6-8-12)16(17(20)22-2)18(23-3)25-14/h4-10H,11H2,1-3H3/b10-9+. The van der Waals surface area contributed by atoms with E-state index >= 15 is 0 Å². The second kappa shape index (κ2) is 8.58. The molecule has 0 unspecified atom stereocenters. The molecule has 0 bridgehead atoms. The topological polar surface area (TPSA) is 84.2 Å². The first-order valence-electron chi connectivity index (χ1n) is 7.32. The van der Waals surface area contributed by atoms with Crippen LogP contribution in [0.2, 0.25) is 0 Å². The van der Waals surface area contributed by atoms with E-state index in [1.54, 1.807) is 12.1 Å². The maximum absolute atomic E-state index is 12.1. The average Bonchev–Trinajstić information content (AvgIpc) is 3.02. The van der Waals surface area contributed by atoms with Crippen molar-refractivity contribution in [1.82, 2.24) is 0 Å². The SMILES string of the molecule is COC(=O)/C=C/c1oc(OC)c(C(=O)OC)c1COc1ccccc1. The van der Waals surface area contributed by atoms with Gasteiger partial charge in [-0.25, -0.2) is 9.59 Å². The van der Waals surface area contributed by atoms with Crippen LogP contribution in [0.5, 0.6) is 11.7 Å². The third-order valence-electron chi connectivity index (χ3n) is 3.28. The lowest BCUT2D eigenvalue weighted by Crippen LogP contribution is -2.08. The largest absolute Gasteiger partial charge is 0.489 e. The van der Waals surface area contributed by atoms with Gasteiger partial charge in [-0.3, -0.25) is 0 Å². The molecule has 0 atom stereocenters. The van der Waals surface area contributed by atoms with E-state index in [9.17, 15) is 9.59 Å². The number of esters is 2. The van der Waals surface area contributed by atoms with Crippen molar-refractivity contribution in [2.75, 3.05) is 21.3 Å². The number of furan rings is 1. The fourth-order valence-corrected chi connectivity index (χ4v) is 2.07. The number of hydrogen-bond donors (Lipinski definition) is 0. The molecule has 2 rings (SSSR count). The van der Waals surface area contributed by atoms with E-state index in [1.165, 1.54) is 33.5 Å². The van der Waals surface area contributed by atoms with Gasteiger partial charge in [0, 0.05) is 6.08 Å². The van der Waals surface area contributed by atoms with Crippen molar-refractivity contribution in [3.63, 3.8) is 0 Å². The zero-order valence-electron chi connectivity index (χ0n) is 14.1. The summed E-state index contributed by atoms with van der Waals surface area (Å²) in [5.74, 6) is -0.377. The molecule has 1 aromatic carbocycles. The highest BCUT2D eigenvalue weighted by atomic mass is 16.6. The van der Waals surface area contributed by atoms with Crippen LogP contribution in [0.15, 0.2) is 40.8 Å². The van der Waals surface area contributed by atoms with Crippen molar-refractivity contribution >= 4 is 18.0 Å². The molecule has 2 aromatic rings. The third kappa shape index (κ3) is 4.41. The Bertz CT molecular complexity index is 759. The van der Waals surface area contributed by atoms with E-state index in [0.717, 1.165) is 0 Å². The summed E-state index contributed by atoms with van der Waals surface area (Å²) >= 11 is 0. The first-order valence-corrected chi connectivity index (χ1v) is 7.32. The minimum absolute atomic E-state index is 0.0160. The number of methoxy groups -OCH3 is 3. The Kier molecular flexibility index (Phi) is 6.22. The second-order valence-electron chi connectivity index (χ2n) is 4.76. The number of benzene rings is 1. The fourth-order valence-electron chi connectivity index (χ4n) is 2.07. The Labute approximate surface area is 144 Å². The summed E-state index contributed by atoms with van der Waals surface area (Å²) in [6.45, 7) is 0.0160. The Morgan fingerprint density at radius 1 is 1.08 bits per heavy atom. The smallest absolute Gasteiger partial charge is 0.345 e. The van der Waals surface area contributed by atoms with Crippen LogP contribution in [-0.2, 0) is 20.9 Å². The van der Waals surface area contributed by atoms with Gasteiger partial charge in [-0.15, -0.1) is 0 Å². The highest BCUT2D eigenvalue weighted by Gasteiger charge is 2.27. The van der Waals surface area contributed by atoms with E-state index in [1.807, 2.05) is 18.2 Å². The lowest BCUT2D eigenvalue weighted by Gasteiger charge is -2.07. The molecule has 1 aromatic heterocycles. The number of carbonyl (C=O) groups is 2. The van der Waals surface area contributed by atoms with Crippen LogP contribution in [0.1, 0.15) is 21.7 Å². The predicted octanol–water partition coefficient (Wildman–Crippen LogP) is 2.84. The van der Waals surface area contributed by atoms with E-state index in [0.29, 0.717) is 11.3 Å². The number of rotatable bonds is 7. The van der Waals surface area contributed by atoms with E-state index in [2.05, 4.69) is 4.74 Å². The molecule has 0 spiro atoms. The van der Waals surface area contributed by atoms with E-state index < -0.39 is 11.9 Å². The third-order valence-corrected chi connectivity index (χ3v) is 3.28. The normalized spacial score (nSPS) is 10.5. The summed E-state index contributed by atoms with van der Waals surface area (Å²) in [6, 6.07) is 9.06. The van der Waals surface area contributed by atoms with Crippen LogP contribution >= 0.6 is 0 Å². The molecule has 7 heteroatoms. The van der Waals surface area contributed by atoms with Crippen LogP contribution < -0.4 is 9.47 Å². The van der Waals surface area contributed by atoms with Crippen LogP contribution in [0.3, 0.4) is 0 Å². The Hall–Kier alpha value is -3.22. The van der Waals surface area contributed by atoms with Gasteiger partial charge in [0.15, 0.2) is 5.56 Å². The van der Waals surface area contributed by atoms with Gasteiger partial charge in [0.05, 0.1) is 26.9 Å². The maximum atomic E-state index is 12.1. The summed E-state index contributed by atoms with van der Waals surface area (Å²) in [5.41, 5.74) is 0.498. The van der Waals surface area contributed by atoms with Gasteiger partial charge in [-0.1, -0.05) is 18.2 Å². The minimum atomic E-state index is -0.634. The highest BCUT2D eigenvalue weighted by molar-refractivity contribution is 5.95. The molecule has 132 valence electrons. The van der Waals surface area contributed by atoms with Crippen molar-refractivity contribution in [3.8, 4) is 11.7 Å². The Morgan fingerprint density at radius 3 is 2.40 bits per heavy atom. The van der Waals surface area contributed by atoms with Crippen molar-refractivity contribution in [1.29, 1.82) is 0 Å². The molecule has 0 aliphatic rings. The van der Waals surface area contributed by atoms with Crippen molar-refractivity contribution < 1.29 is 33.0 Å². The van der Waals surface area contributed by atoms with Crippen LogP contribution in [0, 0.1) is 0 Å². The maximum Gasteiger partial charge on any atom is 0.345 e. The summed E-state index contributed by atoms with van der Waals surface area (Å²) in [4.78, 5) is 23.4.